The van der Waals surface area contributed by atoms with Crippen LogP contribution in [0.4, 0.5) is 0 Å². The maximum atomic E-state index is 12.7. The highest BCUT2D eigenvalue weighted by Gasteiger charge is 2.44. The Hall–Kier alpha value is -1.10. The van der Waals surface area contributed by atoms with Crippen LogP contribution in [0.1, 0.15) is 52.4 Å². The molecule has 2 unspecified atom stereocenters. The highest BCUT2D eigenvalue weighted by molar-refractivity contribution is 5.85. The van der Waals surface area contributed by atoms with E-state index in [0.717, 1.165) is 12.8 Å². The zero-order valence-electron chi connectivity index (χ0n) is 13.0. The lowest BCUT2D eigenvalue weighted by Gasteiger charge is -2.26. The van der Waals surface area contributed by atoms with E-state index in [-0.39, 0.29) is 11.8 Å². The standard InChI is InChI=1S/C16H27NO4/c1-3-11-9-12(13(10-11)15(19)20)14(18)17-7-4-5-16(2,21)6-8-17/h11-13,21H,3-10H2,1-2H3,(H,19,20)/t11?,12-,13+,16?/m0/s1. The Balaban J connectivity index is 2.05. The van der Waals surface area contributed by atoms with E-state index in [1.165, 1.54) is 0 Å². The maximum Gasteiger partial charge on any atom is 0.307 e. The van der Waals surface area contributed by atoms with Crippen molar-refractivity contribution in [1.29, 1.82) is 0 Å². The van der Waals surface area contributed by atoms with Gasteiger partial charge in [0.1, 0.15) is 0 Å². The minimum Gasteiger partial charge on any atom is -0.481 e. The van der Waals surface area contributed by atoms with Crippen molar-refractivity contribution in [1.82, 2.24) is 4.90 Å². The quantitative estimate of drug-likeness (QED) is 0.834. The van der Waals surface area contributed by atoms with Gasteiger partial charge in [0.15, 0.2) is 0 Å². The number of aliphatic carboxylic acids is 1. The van der Waals surface area contributed by atoms with E-state index < -0.39 is 17.5 Å². The third kappa shape index (κ3) is 3.76. The fraction of sp³-hybridized carbons (Fsp3) is 0.875. The van der Waals surface area contributed by atoms with Crippen molar-refractivity contribution in [3.05, 3.63) is 0 Å². The fourth-order valence-corrected chi connectivity index (χ4v) is 3.74. The topological polar surface area (TPSA) is 77.8 Å². The molecule has 2 fully saturated rings. The molecule has 2 rings (SSSR count). The first-order chi connectivity index (χ1) is 9.84. The third-order valence-electron chi connectivity index (χ3n) is 5.25. The maximum absolute atomic E-state index is 12.7. The van der Waals surface area contributed by atoms with Gasteiger partial charge in [0.2, 0.25) is 5.91 Å². The van der Waals surface area contributed by atoms with Crippen LogP contribution < -0.4 is 0 Å². The van der Waals surface area contributed by atoms with Gasteiger partial charge in [0.25, 0.3) is 0 Å². The summed E-state index contributed by atoms with van der Waals surface area (Å²) in [6.45, 7) is 5.03. The third-order valence-corrected chi connectivity index (χ3v) is 5.25. The molecular weight excluding hydrogens is 270 g/mol. The second-order valence-electron chi connectivity index (χ2n) is 6.97. The molecule has 1 heterocycles. The van der Waals surface area contributed by atoms with Crippen LogP contribution in [-0.4, -0.2) is 45.7 Å². The van der Waals surface area contributed by atoms with E-state index in [4.69, 9.17) is 0 Å². The first-order valence-electron chi connectivity index (χ1n) is 8.08. The molecule has 1 saturated heterocycles. The van der Waals surface area contributed by atoms with Gasteiger partial charge < -0.3 is 15.1 Å². The summed E-state index contributed by atoms with van der Waals surface area (Å²) >= 11 is 0. The van der Waals surface area contributed by atoms with Crippen molar-refractivity contribution in [3.63, 3.8) is 0 Å². The summed E-state index contributed by atoms with van der Waals surface area (Å²) in [6, 6.07) is 0. The second kappa shape index (κ2) is 6.34. The molecule has 1 saturated carbocycles. The van der Waals surface area contributed by atoms with Gasteiger partial charge in [-0.25, -0.2) is 0 Å². The highest BCUT2D eigenvalue weighted by Crippen LogP contribution is 2.39. The normalized spacial score (nSPS) is 37.3. The number of likely N-dealkylation sites (tertiary alicyclic amines) is 1. The number of hydrogen-bond acceptors (Lipinski definition) is 3. The first kappa shape index (κ1) is 16.3. The Kier molecular flexibility index (Phi) is 4.91. The van der Waals surface area contributed by atoms with Crippen molar-refractivity contribution in [3.8, 4) is 0 Å². The van der Waals surface area contributed by atoms with Crippen molar-refractivity contribution >= 4 is 11.9 Å². The smallest absolute Gasteiger partial charge is 0.307 e. The first-order valence-corrected chi connectivity index (χ1v) is 8.08. The lowest BCUT2D eigenvalue weighted by atomic mass is 9.94. The summed E-state index contributed by atoms with van der Waals surface area (Å²) in [6.07, 6.45) is 4.29. The number of hydrogen-bond donors (Lipinski definition) is 2. The fourth-order valence-electron chi connectivity index (χ4n) is 3.74. The second-order valence-corrected chi connectivity index (χ2v) is 6.97. The van der Waals surface area contributed by atoms with Crippen molar-refractivity contribution in [2.24, 2.45) is 17.8 Å². The molecule has 0 aromatic carbocycles. The van der Waals surface area contributed by atoms with E-state index in [9.17, 15) is 19.8 Å². The van der Waals surface area contributed by atoms with Crippen LogP contribution >= 0.6 is 0 Å². The largest absolute Gasteiger partial charge is 0.481 e. The molecule has 0 spiro atoms. The van der Waals surface area contributed by atoms with Crippen molar-refractivity contribution in [2.75, 3.05) is 13.1 Å². The molecule has 1 aliphatic carbocycles. The zero-order chi connectivity index (χ0) is 15.6. The molecule has 0 aromatic rings. The van der Waals surface area contributed by atoms with Crippen LogP contribution in [0.15, 0.2) is 0 Å². The molecule has 2 aliphatic rings. The number of rotatable bonds is 3. The van der Waals surface area contributed by atoms with Gasteiger partial charge in [-0.3, -0.25) is 9.59 Å². The lowest BCUT2D eigenvalue weighted by Crippen LogP contribution is -2.40. The number of carboxylic acids is 1. The van der Waals surface area contributed by atoms with E-state index in [2.05, 4.69) is 6.92 Å². The summed E-state index contributed by atoms with van der Waals surface area (Å²) < 4.78 is 0. The van der Waals surface area contributed by atoms with Gasteiger partial charge >= 0.3 is 5.97 Å². The van der Waals surface area contributed by atoms with Gasteiger partial charge in [-0.05, 0) is 44.9 Å². The summed E-state index contributed by atoms with van der Waals surface area (Å²) in [5.74, 6) is -1.43. The van der Waals surface area contributed by atoms with Crippen LogP contribution in [-0.2, 0) is 9.59 Å². The van der Waals surface area contributed by atoms with E-state index >= 15 is 0 Å². The Morgan fingerprint density at radius 3 is 2.48 bits per heavy atom. The minimum absolute atomic E-state index is 0.0175. The summed E-state index contributed by atoms with van der Waals surface area (Å²) in [4.78, 5) is 25.9. The van der Waals surface area contributed by atoms with Gasteiger partial charge in [0, 0.05) is 13.1 Å². The Morgan fingerprint density at radius 1 is 1.19 bits per heavy atom. The molecule has 5 heteroatoms. The van der Waals surface area contributed by atoms with E-state index in [0.29, 0.717) is 44.7 Å². The van der Waals surface area contributed by atoms with E-state index in [1.807, 2.05) is 6.92 Å². The Morgan fingerprint density at radius 2 is 1.86 bits per heavy atom. The molecule has 1 aliphatic heterocycles. The molecule has 21 heavy (non-hydrogen) atoms. The minimum atomic E-state index is -0.842. The molecule has 0 radical (unpaired) electrons. The highest BCUT2D eigenvalue weighted by atomic mass is 16.4. The predicted molar refractivity (Wildman–Crippen MR) is 78.7 cm³/mol. The van der Waals surface area contributed by atoms with Crippen LogP contribution in [0.25, 0.3) is 0 Å². The number of carboxylic acid groups (broad SMARTS) is 1. The SMILES string of the molecule is CCC1C[C@H](C(=O)N2CCCC(C)(O)CC2)[C@H](C(=O)O)C1. The summed E-state index contributed by atoms with van der Waals surface area (Å²) in [7, 11) is 0. The Labute approximate surface area is 126 Å². The van der Waals surface area contributed by atoms with Crippen molar-refractivity contribution in [2.45, 2.75) is 58.0 Å². The van der Waals surface area contributed by atoms with Gasteiger partial charge in [-0.2, -0.15) is 0 Å². The number of carbonyl (C=O) groups is 2. The van der Waals surface area contributed by atoms with Crippen LogP contribution in [0.2, 0.25) is 0 Å². The molecule has 120 valence electrons. The molecule has 2 N–H and O–H groups in total. The van der Waals surface area contributed by atoms with Gasteiger partial charge in [0.05, 0.1) is 17.4 Å². The lowest BCUT2D eigenvalue weighted by molar-refractivity contribution is -0.149. The summed E-state index contributed by atoms with van der Waals surface area (Å²) in [5.41, 5.74) is -0.705. The molecule has 5 nitrogen and oxygen atoms in total. The number of carbonyl (C=O) groups excluding carboxylic acids is 1. The van der Waals surface area contributed by atoms with Gasteiger partial charge in [-0.15, -0.1) is 0 Å². The van der Waals surface area contributed by atoms with Crippen molar-refractivity contribution < 1.29 is 19.8 Å². The molecule has 1 amide bonds. The number of amides is 1. The number of nitrogens with zero attached hydrogens (tertiary/aromatic N) is 1. The van der Waals surface area contributed by atoms with Gasteiger partial charge in [-0.1, -0.05) is 13.3 Å². The van der Waals surface area contributed by atoms with E-state index in [1.54, 1.807) is 4.90 Å². The average Bonchev–Trinajstić information content (AvgIpc) is 2.77. The Bertz CT molecular complexity index is 407. The monoisotopic (exact) mass is 297 g/mol. The van der Waals surface area contributed by atoms with Crippen LogP contribution in [0.3, 0.4) is 0 Å². The van der Waals surface area contributed by atoms with Crippen LogP contribution in [0, 0.1) is 17.8 Å². The molecule has 0 bridgehead atoms. The molecular formula is C16H27NO4. The summed E-state index contributed by atoms with van der Waals surface area (Å²) in [5, 5.41) is 19.5. The van der Waals surface area contributed by atoms with Crippen LogP contribution in [0.5, 0.6) is 0 Å². The molecule has 4 atom stereocenters. The number of aliphatic hydroxyl groups is 1. The predicted octanol–water partition coefficient (Wildman–Crippen LogP) is 1.89. The average molecular weight is 297 g/mol. The zero-order valence-corrected chi connectivity index (χ0v) is 13.0. The molecule has 0 aromatic heterocycles.